The van der Waals surface area contributed by atoms with Crippen LogP contribution in [0.25, 0.3) is 0 Å². The molecule has 1 aromatic carbocycles. The van der Waals surface area contributed by atoms with Crippen molar-refractivity contribution in [3.63, 3.8) is 0 Å². The van der Waals surface area contributed by atoms with Crippen molar-refractivity contribution in [2.45, 2.75) is 82.5 Å². The first-order valence-corrected chi connectivity index (χ1v) is 13.8. The Hall–Kier alpha value is -4.01. The van der Waals surface area contributed by atoms with Gasteiger partial charge in [0.2, 0.25) is 5.82 Å². The number of alkyl halides is 3. The smallest absolute Gasteiger partial charge is 0.417 e. The van der Waals surface area contributed by atoms with E-state index in [1.54, 1.807) is 20.8 Å². The highest BCUT2D eigenvalue weighted by molar-refractivity contribution is 5.97. The third kappa shape index (κ3) is 7.20. The molecule has 15 heteroatoms. The van der Waals surface area contributed by atoms with Gasteiger partial charge >= 0.3 is 12.3 Å². The molecule has 0 unspecified atom stereocenters. The number of hydrogen-bond donors (Lipinski definition) is 2. The third-order valence-corrected chi connectivity index (χ3v) is 7.36. The summed E-state index contributed by atoms with van der Waals surface area (Å²) in [5, 5.41) is 2.39. The Kier molecular flexibility index (Phi) is 9.10. The zero-order chi connectivity index (χ0) is 32.6. The number of rotatable bonds is 6. The van der Waals surface area contributed by atoms with Gasteiger partial charge in [-0.15, -0.1) is 0 Å². The number of likely N-dealkylation sites (tertiary alicyclic amines) is 1. The number of anilines is 1. The SMILES string of the molecule is CC(C)(C)OC(=O)N1CCC(Oc2c([C@@H]3C[C@](C)(C(F)(F)F)O[C@H]3C(=O)Nc3ccnc(C(N)=O)c3)ccc(F)c2F)CC1. The number of nitrogens with two attached hydrogens (primary N) is 1. The largest absolute Gasteiger partial charge is 0.487 e. The van der Waals surface area contributed by atoms with Crippen molar-refractivity contribution in [1.82, 2.24) is 9.88 Å². The van der Waals surface area contributed by atoms with Crippen molar-refractivity contribution < 1.29 is 50.5 Å². The molecule has 44 heavy (non-hydrogen) atoms. The fourth-order valence-electron chi connectivity index (χ4n) is 5.09. The summed E-state index contributed by atoms with van der Waals surface area (Å²) in [6, 6.07) is 4.22. The number of carbonyl (C=O) groups is 3. The number of benzene rings is 1. The quantitative estimate of drug-likeness (QED) is 0.427. The molecule has 2 aromatic rings. The Balaban J connectivity index is 1.62. The molecule has 10 nitrogen and oxygen atoms in total. The summed E-state index contributed by atoms with van der Waals surface area (Å²) in [5.41, 5.74) is 1.27. The van der Waals surface area contributed by atoms with Gasteiger partial charge in [0, 0.05) is 49.3 Å². The van der Waals surface area contributed by atoms with Crippen LogP contribution in [0.4, 0.5) is 32.4 Å². The lowest BCUT2D eigenvalue weighted by Crippen LogP contribution is -2.44. The van der Waals surface area contributed by atoms with Crippen molar-refractivity contribution in [2.24, 2.45) is 5.73 Å². The molecular weight excluding hydrogens is 595 g/mol. The highest BCUT2D eigenvalue weighted by Gasteiger charge is 2.61. The minimum atomic E-state index is -4.93. The second kappa shape index (κ2) is 12.2. The molecule has 0 bridgehead atoms. The lowest BCUT2D eigenvalue weighted by Gasteiger charge is -2.34. The molecule has 0 radical (unpaired) electrons. The zero-order valence-corrected chi connectivity index (χ0v) is 24.5. The van der Waals surface area contributed by atoms with Crippen molar-refractivity contribution in [1.29, 1.82) is 0 Å². The van der Waals surface area contributed by atoms with Crippen LogP contribution in [0.2, 0.25) is 0 Å². The normalized spacial score (nSPS) is 22.9. The van der Waals surface area contributed by atoms with Gasteiger partial charge in [-0.3, -0.25) is 14.6 Å². The fraction of sp³-hybridized carbons (Fsp3) is 0.517. The van der Waals surface area contributed by atoms with Crippen LogP contribution in [0.5, 0.6) is 5.75 Å². The number of carbonyl (C=O) groups excluding carboxylic acids is 3. The van der Waals surface area contributed by atoms with Gasteiger partial charge in [-0.25, -0.2) is 9.18 Å². The van der Waals surface area contributed by atoms with Crippen LogP contribution in [0.3, 0.4) is 0 Å². The molecule has 0 saturated carbocycles. The van der Waals surface area contributed by atoms with E-state index in [1.165, 1.54) is 11.0 Å². The first kappa shape index (κ1) is 32.9. The van der Waals surface area contributed by atoms with E-state index in [-0.39, 0.29) is 42.9 Å². The number of nitrogens with one attached hydrogen (secondary N) is 1. The van der Waals surface area contributed by atoms with Gasteiger partial charge in [-0.2, -0.15) is 17.6 Å². The summed E-state index contributed by atoms with van der Waals surface area (Å²) in [6.07, 6.45) is -7.27. The molecule has 3 heterocycles. The van der Waals surface area contributed by atoms with E-state index in [9.17, 15) is 31.9 Å². The Labute approximate surface area is 250 Å². The number of nitrogens with zero attached hydrogens (tertiary/aromatic N) is 2. The lowest BCUT2D eigenvalue weighted by atomic mass is 9.85. The van der Waals surface area contributed by atoms with E-state index in [4.69, 9.17) is 19.9 Å². The molecule has 3 amide bonds. The van der Waals surface area contributed by atoms with Crippen LogP contribution >= 0.6 is 0 Å². The third-order valence-electron chi connectivity index (χ3n) is 7.36. The molecule has 4 rings (SSSR count). The molecule has 0 spiro atoms. The average molecular weight is 629 g/mol. The van der Waals surface area contributed by atoms with Gasteiger partial charge in [-0.1, -0.05) is 6.07 Å². The molecular formula is C29H33F5N4O6. The maximum Gasteiger partial charge on any atom is 0.417 e. The number of piperidine rings is 1. The van der Waals surface area contributed by atoms with Gasteiger partial charge in [-0.05, 0) is 52.3 Å². The lowest BCUT2D eigenvalue weighted by molar-refractivity contribution is -0.261. The van der Waals surface area contributed by atoms with E-state index in [0.29, 0.717) is 0 Å². The first-order valence-electron chi connectivity index (χ1n) is 13.8. The minimum absolute atomic E-state index is 0.000249. The number of hydrogen-bond acceptors (Lipinski definition) is 7. The summed E-state index contributed by atoms with van der Waals surface area (Å²) in [7, 11) is 0. The number of halogens is 5. The molecule has 1 aromatic heterocycles. The van der Waals surface area contributed by atoms with Crippen LogP contribution in [0.15, 0.2) is 30.5 Å². The van der Waals surface area contributed by atoms with Gasteiger partial charge in [0.25, 0.3) is 11.8 Å². The monoisotopic (exact) mass is 628 g/mol. The number of pyridine rings is 1. The molecule has 3 atom stereocenters. The van der Waals surface area contributed by atoms with E-state index in [1.807, 2.05) is 0 Å². The number of aromatic nitrogens is 1. The summed E-state index contributed by atoms with van der Waals surface area (Å²) in [5.74, 6) is -6.74. The maximum atomic E-state index is 15.3. The molecule has 2 fully saturated rings. The molecule has 2 aliphatic rings. The van der Waals surface area contributed by atoms with Crippen molar-refractivity contribution in [3.8, 4) is 5.75 Å². The molecule has 2 saturated heterocycles. The fourth-order valence-corrected chi connectivity index (χ4v) is 5.09. The van der Waals surface area contributed by atoms with Gasteiger partial charge in [0.05, 0.1) is 0 Å². The van der Waals surface area contributed by atoms with Gasteiger partial charge < -0.3 is 30.2 Å². The van der Waals surface area contributed by atoms with Crippen LogP contribution in [-0.4, -0.2) is 70.5 Å². The topological polar surface area (TPSA) is 133 Å². The molecule has 240 valence electrons. The first-order chi connectivity index (χ1) is 20.4. The Morgan fingerprint density at radius 3 is 2.36 bits per heavy atom. The Bertz CT molecular complexity index is 1420. The number of primary amides is 1. The Morgan fingerprint density at radius 1 is 1.11 bits per heavy atom. The van der Waals surface area contributed by atoms with Crippen molar-refractivity contribution in [2.75, 3.05) is 18.4 Å². The maximum absolute atomic E-state index is 15.3. The van der Waals surface area contributed by atoms with E-state index in [0.717, 1.165) is 31.3 Å². The standard InChI is InChI=1S/C29H33F5N4O6/c1-27(2,3)44-26(41)38-11-8-16(9-12-38)42-22-17(5-6-19(30)21(22)31)18-14-28(4,29(32,33)34)43-23(18)25(40)37-15-7-10-36-20(13-15)24(35)39/h5-7,10,13,16,18,23H,8-9,11-12,14H2,1-4H3,(H2,35,39)(H,36,37,40)/t18-,23+,28+/m0/s1. The Morgan fingerprint density at radius 2 is 1.77 bits per heavy atom. The van der Waals surface area contributed by atoms with E-state index >= 15 is 4.39 Å². The molecule has 2 aliphatic heterocycles. The van der Waals surface area contributed by atoms with Crippen LogP contribution in [0.1, 0.15) is 68.9 Å². The summed E-state index contributed by atoms with van der Waals surface area (Å²) in [4.78, 5) is 42.4. The highest BCUT2D eigenvalue weighted by atomic mass is 19.4. The van der Waals surface area contributed by atoms with Gasteiger partial charge in [0.1, 0.15) is 23.5 Å². The highest BCUT2D eigenvalue weighted by Crippen LogP contribution is 2.51. The minimum Gasteiger partial charge on any atom is -0.487 e. The van der Waals surface area contributed by atoms with Crippen LogP contribution in [-0.2, 0) is 14.3 Å². The summed E-state index contributed by atoms with van der Waals surface area (Å²) in [6.45, 7) is 6.26. The summed E-state index contributed by atoms with van der Waals surface area (Å²) < 4.78 is 88.7. The molecule has 0 aliphatic carbocycles. The molecule has 3 N–H and O–H groups in total. The van der Waals surface area contributed by atoms with Crippen molar-refractivity contribution in [3.05, 3.63) is 53.4 Å². The predicted octanol–water partition coefficient (Wildman–Crippen LogP) is 5.07. The number of ether oxygens (including phenoxy) is 3. The van der Waals surface area contributed by atoms with Gasteiger partial charge in [0.15, 0.2) is 17.2 Å². The van der Waals surface area contributed by atoms with E-state index in [2.05, 4.69) is 10.3 Å². The second-order valence-electron chi connectivity index (χ2n) is 11.9. The zero-order valence-electron chi connectivity index (χ0n) is 24.5. The predicted molar refractivity (Wildman–Crippen MR) is 146 cm³/mol. The van der Waals surface area contributed by atoms with E-state index < -0.39 is 77.2 Å². The second-order valence-corrected chi connectivity index (χ2v) is 11.9. The van der Waals surface area contributed by atoms with Crippen LogP contribution in [0, 0.1) is 11.6 Å². The van der Waals surface area contributed by atoms with Crippen molar-refractivity contribution >= 4 is 23.6 Å². The number of amides is 3. The average Bonchev–Trinajstić information content (AvgIpc) is 3.30. The van der Waals surface area contributed by atoms with Crippen LogP contribution < -0.4 is 15.8 Å². The summed E-state index contributed by atoms with van der Waals surface area (Å²) >= 11 is 0.